The number of rotatable bonds is 4. The molecule has 0 amide bonds. The predicted molar refractivity (Wildman–Crippen MR) is 46.3 cm³/mol. The van der Waals surface area contributed by atoms with Crippen LogP contribution in [0.1, 0.15) is 34.1 Å². The van der Waals surface area contributed by atoms with Crippen LogP contribution in [0, 0.1) is 43.6 Å². The van der Waals surface area contributed by atoms with Gasteiger partial charge in [0.1, 0.15) is 0 Å². The molecule has 0 bridgehead atoms. The summed E-state index contributed by atoms with van der Waals surface area (Å²) in [6, 6.07) is 0. The second kappa shape index (κ2) is 6.46. The van der Waals surface area contributed by atoms with E-state index in [1.807, 2.05) is 20.8 Å². The van der Waals surface area contributed by atoms with E-state index in [1.54, 1.807) is 6.92 Å². The van der Waals surface area contributed by atoms with Crippen molar-refractivity contribution in [2.24, 2.45) is 11.3 Å². The van der Waals surface area contributed by atoms with E-state index in [0.717, 1.165) is 6.42 Å². The number of aliphatic hydroxyl groups is 2. The minimum atomic E-state index is -0.309. The van der Waals surface area contributed by atoms with Crippen molar-refractivity contribution in [3.8, 4) is 0 Å². The molecule has 0 aliphatic carbocycles. The Morgan fingerprint density at radius 3 is 1.92 bits per heavy atom. The zero-order chi connectivity index (χ0) is 9.07. The van der Waals surface area contributed by atoms with Crippen LogP contribution in [0.25, 0.3) is 0 Å². The number of aliphatic hydroxyl groups excluding tert-OH is 2. The molecule has 0 fully saturated rings. The summed E-state index contributed by atoms with van der Waals surface area (Å²) in [6.45, 7) is 8.03. The maximum absolute atomic E-state index is 9.34. The van der Waals surface area contributed by atoms with E-state index >= 15 is 0 Å². The third-order valence-corrected chi connectivity index (χ3v) is 2.32. The van der Waals surface area contributed by atoms with Gasteiger partial charge in [-0.15, -0.1) is 0 Å². The topological polar surface area (TPSA) is 40.5 Å². The van der Waals surface area contributed by atoms with E-state index in [4.69, 9.17) is 5.11 Å². The first-order valence-corrected chi connectivity index (χ1v) is 4.19. The Balaban J connectivity index is 0. The average Bonchev–Trinajstić information content (AvgIpc) is 1.86. The van der Waals surface area contributed by atoms with Gasteiger partial charge in [0.15, 0.2) is 0 Å². The zero-order valence-corrected chi connectivity index (χ0v) is 13.3. The molecule has 0 aromatic rings. The Morgan fingerprint density at radius 2 is 1.67 bits per heavy atom. The minimum Gasteiger partial charge on any atom is -0.396 e. The van der Waals surface area contributed by atoms with Gasteiger partial charge in [0.25, 0.3) is 0 Å². The molecule has 2 atom stereocenters. The summed E-state index contributed by atoms with van der Waals surface area (Å²) >= 11 is 0. The molecule has 2 unspecified atom stereocenters. The SMILES string of the molecule is CC(CO)CC(C)(C)C(C)O.[Pa]. The number of hydrogen-bond donors (Lipinski definition) is 2. The van der Waals surface area contributed by atoms with E-state index in [2.05, 4.69) is 0 Å². The van der Waals surface area contributed by atoms with E-state index in [1.165, 1.54) is 0 Å². The first-order chi connectivity index (χ1) is 4.90. The fourth-order valence-corrected chi connectivity index (χ4v) is 1.13. The van der Waals surface area contributed by atoms with E-state index in [-0.39, 0.29) is 56.4 Å². The van der Waals surface area contributed by atoms with Crippen molar-refractivity contribution in [3.63, 3.8) is 0 Å². The van der Waals surface area contributed by atoms with Crippen LogP contribution in [0.2, 0.25) is 0 Å². The smallest absolute Gasteiger partial charge is 0.0563 e. The van der Waals surface area contributed by atoms with Crippen molar-refractivity contribution in [2.45, 2.75) is 40.2 Å². The fourth-order valence-electron chi connectivity index (χ4n) is 1.13. The van der Waals surface area contributed by atoms with Crippen LogP contribution in [0.4, 0.5) is 0 Å². The summed E-state index contributed by atoms with van der Waals surface area (Å²) in [6.07, 6.45) is 0.553. The average molecular weight is 391 g/mol. The standard InChI is InChI=1S/C9H20O2.Pa/c1-7(6-10)5-9(3,4)8(2)11;/h7-8,10-11H,5-6H2,1-4H3;. The molecule has 2 nitrogen and oxygen atoms in total. The monoisotopic (exact) mass is 391 g/mol. The largest absolute Gasteiger partial charge is 0.396 e. The van der Waals surface area contributed by atoms with Gasteiger partial charge in [-0.3, -0.25) is 0 Å². The molecule has 71 valence electrons. The molecule has 0 saturated heterocycles. The first-order valence-electron chi connectivity index (χ1n) is 4.19. The molecule has 0 spiro atoms. The Hall–Kier alpha value is 1.01. The second-order valence-corrected chi connectivity index (χ2v) is 4.16. The third kappa shape index (κ3) is 5.62. The maximum Gasteiger partial charge on any atom is 0.0563 e. The van der Waals surface area contributed by atoms with Gasteiger partial charge >= 0.3 is 0 Å². The maximum atomic E-state index is 9.34. The van der Waals surface area contributed by atoms with Gasteiger partial charge in [-0.25, -0.2) is 0 Å². The van der Waals surface area contributed by atoms with Gasteiger partial charge in [-0.05, 0) is 24.7 Å². The fraction of sp³-hybridized carbons (Fsp3) is 1.00. The van der Waals surface area contributed by atoms with Gasteiger partial charge < -0.3 is 10.2 Å². The summed E-state index contributed by atoms with van der Waals surface area (Å²) in [4.78, 5) is 0. The van der Waals surface area contributed by atoms with Crippen LogP contribution in [0.5, 0.6) is 0 Å². The van der Waals surface area contributed by atoms with Crippen molar-refractivity contribution in [1.82, 2.24) is 0 Å². The molecule has 3 heteroatoms. The van der Waals surface area contributed by atoms with Gasteiger partial charge in [-0.2, -0.15) is 0 Å². The van der Waals surface area contributed by atoms with Crippen LogP contribution in [-0.4, -0.2) is 22.9 Å². The molecule has 1 radical (unpaired) electrons. The van der Waals surface area contributed by atoms with Crippen molar-refractivity contribution in [1.29, 1.82) is 0 Å². The van der Waals surface area contributed by atoms with Crippen molar-refractivity contribution in [2.75, 3.05) is 6.61 Å². The molecule has 0 aromatic carbocycles. The summed E-state index contributed by atoms with van der Waals surface area (Å²) in [5, 5.41) is 18.1. The van der Waals surface area contributed by atoms with Crippen molar-refractivity contribution >= 4 is 0 Å². The van der Waals surface area contributed by atoms with Crippen LogP contribution in [0.3, 0.4) is 0 Å². The Morgan fingerprint density at radius 1 is 1.25 bits per heavy atom. The van der Waals surface area contributed by atoms with E-state index < -0.39 is 0 Å². The molecule has 0 aliphatic rings. The molecule has 2 N–H and O–H groups in total. The molecule has 0 rings (SSSR count). The quantitative estimate of drug-likeness (QED) is 0.761. The van der Waals surface area contributed by atoms with Crippen LogP contribution in [0.15, 0.2) is 0 Å². The molecule has 0 heterocycles. The Labute approximate surface area is 100 Å². The molecule has 0 aliphatic heterocycles. The zero-order valence-electron chi connectivity index (χ0n) is 8.54. The van der Waals surface area contributed by atoms with E-state index in [9.17, 15) is 5.11 Å². The first kappa shape index (κ1) is 15.5. The predicted octanol–water partition coefficient (Wildman–Crippen LogP) is 1.41. The summed E-state index contributed by atoms with van der Waals surface area (Å²) in [7, 11) is 0. The Bertz CT molecular complexity index is 113. The second-order valence-electron chi connectivity index (χ2n) is 4.16. The van der Waals surface area contributed by atoms with Crippen LogP contribution < -0.4 is 0 Å². The van der Waals surface area contributed by atoms with Gasteiger partial charge in [-0.1, -0.05) is 20.8 Å². The normalized spacial score (nSPS) is 16.5. The third-order valence-electron chi connectivity index (χ3n) is 2.32. The Kier molecular flexibility index (Phi) is 8.34. The van der Waals surface area contributed by atoms with Gasteiger partial charge in [0, 0.05) is 38.9 Å². The number of hydrogen-bond acceptors (Lipinski definition) is 2. The van der Waals surface area contributed by atoms with E-state index in [0.29, 0.717) is 0 Å². The summed E-state index contributed by atoms with van der Waals surface area (Å²) in [5.74, 6) is 0.277. The van der Waals surface area contributed by atoms with Gasteiger partial charge in [0.05, 0.1) is 6.10 Å². The molecule has 0 aromatic heterocycles. The molecule has 12 heavy (non-hydrogen) atoms. The molecular formula is C9H20O2Pa. The van der Waals surface area contributed by atoms with Gasteiger partial charge in [0.2, 0.25) is 0 Å². The summed E-state index contributed by atoms with van der Waals surface area (Å²) in [5.41, 5.74) is -0.0812. The summed E-state index contributed by atoms with van der Waals surface area (Å²) < 4.78 is 0. The van der Waals surface area contributed by atoms with Crippen molar-refractivity contribution < 1.29 is 42.5 Å². The van der Waals surface area contributed by atoms with Crippen LogP contribution >= 0.6 is 0 Å². The van der Waals surface area contributed by atoms with Crippen molar-refractivity contribution in [3.05, 3.63) is 0 Å². The molecular weight excluding hydrogens is 371 g/mol. The molecule has 0 saturated carbocycles. The van der Waals surface area contributed by atoms with Crippen LogP contribution in [-0.2, 0) is 0 Å². The minimum absolute atomic E-state index is 0.